The van der Waals surface area contributed by atoms with Crippen molar-refractivity contribution < 1.29 is 0 Å². The number of nitrogens with zero attached hydrogens (tertiary/aromatic N) is 1. The van der Waals surface area contributed by atoms with E-state index in [2.05, 4.69) is 188 Å². The fourth-order valence-corrected chi connectivity index (χ4v) is 9.02. The molecule has 0 amide bonds. The average molecular weight is 626 g/mol. The number of rotatable bonds is 4. The first-order valence-corrected chi connectivity index (χ1v) is 17.4. The van der Waals surface area contributed by atoms with Gasteiger partial charge in [-0.25, -0.2) is 0 Å². The molecule has 0 saturated carbocycles. The van der Waals surface area contributed by atoms with Crippen molar-refractivity contribution in [2.75, 3.05) is 4.90 Å². The van der Waals surface area contributed by atoms with Gasteiger partial charge in [-0.05, 0) is 116 Å². The van der Waals surface area contributed by atoms with Gasteiger partial charge in [-0.15, -0.1) is 0 Å². The maximum atomic E-state index is 2.50. The summed E-state index contributed by atoms with van der Waals surface area (Å²) in [6, 6.07) is 59.0. The summed E-state index contributed by atoms with van der Waals surface area (Å²) < 4.78 is 0. The van der Waals surface area contributed by atoms with E-state index in [0.29, 0.717) is 0 Å². The van der Waals surface area contributed by atoms with Gasteiger partial charge >= 0.3 is 0 Å². The van der Waals surface area contributed by atoms with Gasteiger partial charge in [-0.3, -0.25) is 0 Å². The Labute approximate surface area is 288 Å². The average Bonchev–Trinajstić information content (AvgIpc) is 3.45. The summed E-state index contributed by atoms with van der Waals surface area (Å²) in [4.78, 5) is 2.47. The molecule has 10 rings (SSSR count). The highest BCUT2D eigenvalue weighted by molar-refractivity contribution is 6.07. The van der Waals surface area contributed by atoms with Crippen LogP contribution in [0.1, 0.15) is 39.8 Å². The number of hydrogen-bond acceptors (Lipinski definition) is 1. The maximum Gasteiger partial charge on any atom is 0.0725 e. The molecule has 0 aromatic heterocycles. The van der Waals surface area contributed by atoms with Gasteiger partial charge in [-0.1, -0.05) is 146 Å². The molecule has 7 aromatic rings. The molecule has 1 spiro atoms. The summed E-state index contributed by atoms with van der Waals surface area (Å²) in [5.74, 6) is 0. The SMILES string of the molecule is Cc1cccc(N(c2ccccc2)C2C=CC(c3ccc4c(c3)C3(c5ccccc5-4)c4ccccc4-c4cccc5cccc3c45)=CC2)c1. The van der Waals surface area contributed by atoms with Crippen molar-refractivity contribution in [3.8, 4) is 22.3 Å². The van der Waals surface area contributed by atoms with E-state index in [1.54, 1.807) is 0 Å². The van der Waals surface area contributed by atoms with Crippen LogP contribution in [0, 0.1) is 6.92 Å². The van der Waals surface area contributed by atoms with Gasteiger partial charge in [0.15, 0.2) is 0 Å². The first-order chi connectivity index (χ1) is 24.2. The van der Waals surface area contributed by atoms with Gasteiger partial charge in [-0.2, -0.15) is 0 Å². The molecule has 2 atom stereocenters. The van der Waals surface area contributed by atoms with E-state index in [1.807, 2.05) is 0 Å². The molecule has 0 heterocycles. The zero-order valence-corrected chi connectivity index (χ0v) is 27.5. The number of fused-ring (bicyclic) bond motifs is 9. The van der Waals surface area contributed by atoms with Gasteiger partial charge in [0.25, 0.3) is 0 Å². The maximum absolute atomic E-state index is 2.50. The predicted molar refractivity (Wildman–Crippen MR) is 206 cm³/mol. The van der Waals surface area contributed by atoms with Crippen LogP contribution in [0.25, 0.3) is 38.6 Å². The Balaban J connectivity index is 1.13. The minimum absolute atomic E-state index is 0.220. The van der Waals surface area contributed by atoms with Gasteiger partial charge in [0.2, 0.25) is 0 Å². The minimum atomic E-state index is -0.400. The lowest BCUT2D eigenvalue weighted by molar-refractivity contribution is 0.772. The van der Waals surface area contributed by atoms with E-state index < -0.39 is 5.41 Å². The van der Waals surface area contributed by atoms with Crippen LogP contribution in [0.2, 0.25) is 0 Å². The number of aryl methyl sites for hydroxylation is 1. The van der Waals surface area contributed by atoms with Crippen molar-refractivity contribution in [1.29, 1.82) is 0 Å². The molecule has 49 heavy (non-hydrogen) atoms. The lowest BCUT2D eigenvalue weighted by Gasteiger charge is -2.40. The number of benzene rings is 7. The Kier molecular flexibility index (Phi) is 6.20. The molecule has 3 aliphatic rings. The van der Waals surface area contributed by atoms with Crippen molar-refractivity contribution in [3.05, 3.63) is 209 Å². The van der Waals surface area contributed by atoms with E-state index in [-0.39, 0.29) is 6.04 Å². The first kappa shape index (κ1) is 28.1. The second kappa shape index (κ2) is 10.8. The summed E-state index contributed by atoms with van der Waals surface area (Å²) in [5.41, 5.74) is 16.7. The molecular weight excluding hydrogens is 591 g/mol. The monoisotopic (exact) mass is 625 g/mol. The zero-order valence-electron chi connectivity index (χ0n) is 27.5. The normalized spacial score (nSPS) is 18.1. The Morgan fingerprint density at radius 1 is 0.531 bits per heavy atom. The quantitative estimate of drug-likeness (QED) is 0.188. The summed E-state index contributed by atoms with van der Waals surface area (Å²) in [6.07, 6.45) is 8.11. The number of hydrogen-bond donors (Lipinski definition) is 0. The van der Waals surface area contributed by atoms with E-state index >= 15 is 0 Å². The Bertz CT molecular complexity index is 2490. The molecule has 3 aliphatic carbocycles. The van der Waals surface area contributed by atoms with Crippen LogP contribution >= 0.6 is 0 Å². The van der Waals surface area contributed by atoms with Crippen molar-refractivity contribution in [1.82, 2.24) is 0 Å². The van der Waals surface area contributed by atoms with E-state index in [0.717, 1.165) is 6.42 Å². The second-order valence-electron chi connectivity index (χ2n) is 13.7. The van der Waals surface area contributed by atoms with Crippen LogP contribution in [0.5, 0.6) is 0 Å². The van der Waals surface area contributed by atoms with Gasteiger partial charge in [0.1, 0.15) is 0 Å². The molecule has 1 nitrogen and oxygen atoms in total. The molecule has 232 valence electrons. The molecule has 0 bridgehead atoms. The smallest absolute Gasteiger partial charge is 0.0725 e. The number of para-hydroxylation sites is 1. The zero-order chi connectivity index (χ0) is 32.5. The van der Waals surface area contributed by atoms with Crippen molar-refractivity contribution in [2.45, 2.75) is 24.8 Å². The Morgan fingerprint density at radius 3 is 1.92 bits per heavy atom. The lowest BCUT2D eigenvalue weighted by atomic mass is 9.61. The molecule has 0 N–H and O–H groups in total. The highest BCUT2D eigenvalue weighted by Crippen LogP contribution is 2.62. The highest BCUT2D eigenvalue weighted by atomic mass is 15.2. The minimum Gasteiger partial charge on any atom is -0.334 e. The molecule has 2 unspecified atom stereocenters. The largest absolute Gasteiger partial charge is 0.334 e. The third-order valence-electron chi connectivity index (χ3n) is 11.0. The standard InChI is InChI=1S/C48H35N/c1-32-12-9-17-38(30-32)49(36-15-3-2-4-16-36)37-27-24-33(25-28-37)35-26-29-41-39-18-5-7-21-43(39)48(46(41)31-35)44-22-8-6-19-40(44)42-20-10-13-34-14-11-23-45(48)47(34)42/h2-27,29-31,37H,28H2,1H3. The summed E-state index contributed by atoms with van der Waals surface area (Å²) in [6.45, 7) is 2.17. The predicted octanol–water partition coefficient (Wildman–Crippen LogP) is 12.0. The fraction of sp³-hybridized carbons (Fsp3) is 0.0833. The summed E-state index contributed by atoms with van der Waals surface area (Å²) in [5, 5.41) is 2.67. The molecular formula is C48H35N. The molecule has 0 fully saturated rings. The van der Waals surface area contributed by atoms with Gasteiger partial charge < -0.3 is 4.90 Å². The number of allylic oxidation sites excluding steroid dienone is 2. The van der Waals surface area contributed by atoms with Crippen LogP contribution in [0.4, 0.5) is 11.4 Å². The topological polar surface area (TPSA) is 3.24 Å². The number of anilines is 2. The third-order valence-corrected chi connectivity index (χ3v) is 11.0. The molecule has 0 radical (unpaired) electrons. The van der Waals surface area contributed by atoms with Gasteiger partial charge in [0, 0.05) is 11.4 Å². The molecule has 0 saturated heterocycles. The van der Waals surface area contributed by atoms with E-state index in [1.165, 1.54) is 83.4 Å². The van der Waals surface area contributed by atoms with Crippen LogP contribution < -0.4 is 4.90 Å². The molecule has 7 aromatic carbocycles. The Morgan fingerprint density at radius 2 is 1.16 bits per heavy atom. The molecule has 1 heteroatoms. The van der Waals surface area contributed by atoms with Crippen LogP contribution in [-0.4, -0.2) is 6.04 Å². The molecule has 0 aliphatic heterocycles. The van der Waals surface area contributed by atoms with Crippen molar-refractivity contribution >= 4 is 27.7 Å². The van der Waals surface area contributed by atoms with Crippen LogP contribution in [0.15, 0.2) is 176 Å². The summed E-state index contributed by atoms with van der Waals surface area (Å²) >= 11 is 0. The van der Waals surface area contributed by atoms with Crippen molar-refractivity contribution in [3.63, 3.8) is 0 Å². The fourth-order valence-electron chi connectivity index (χ4n) is 9.02. The summed E-state index contributed by atoms with van der Waals surface area (Å²) in [7, 11) is 0. The van der Waals surface area contributed by atoms with E-state index in [9.17, 15) is 0 Å². The van der Waals surface area contributed by atoms with Crippen LogP contribution in [0.3, 0.4) is 0 Å². The second-order valence-corrected chi connectivity index (χ2v) is 13.7. The van der Waals surface area contributed by atoms with Gasteiger partial charge in [0.05, 0.1) is 11.5 Å². The highest BCUT2D eigenvalue weighted by Gasteiger charge is 2.50. The Hall–Kier alpha value is -5.92. The first-order valence-electron chi connectivity index (χ1n) is 17.4. The van der Waals surface area contributed by atoms with Crippen molar-refractivity contribution in [2.24, 2.45) is 0 Å². The lowest BCUT2D eigenvalue weighted by Crippen LogP contribution is -2.32. The third kappa shape index (κ3) is 4.06. The van der Waals surface area contributed by atoms with E-state index in [4.69, 9.17) is 0 Å². The van der Waals surface area contributed by atoms with Crippen LogP contribution in [-0.2, 0) is 5.41 Å².